The van der Waals surface area contributed by atoms with Crippen LogP contribution in [0, 0.1) is 0 Å². The van der Waals surface area contributed by atoms with Crippen molar-refractivity contribution < 1.29 is 0 Å². The molecule has 0 fully saturated rings. The van der Waals surface area contributed by atoms with E-state index in [-0.39, 0.29) is 0 Å². The minimum Gasteiger partial charge on any atom is -0.344 e. The van der Waals surface area contributed by atoms with Gasteiger partial charge in [-0.1, -0.05) is 13.5 Å². The molecule has 0 aromatic carbocycles. The van der Waals surface area contributed by atoms with Crippen LogP contribution in [0.5, 0.6) is 0 Å². The van der Waals surface area contributed by atoms with Crippen LogP contribution in [0.1, 0.15) is 20.3 Å². The van der Waals surface area contributed by atoms with E-state index in [1.54, 1.807) is 6.34 Å². The lowest BCUT2D eigenvalue weighted by atomic mass is 10.4. The smallest absolute Gasteiger partial charge is 0.0869 e. The van der Waals surface area contributed by atoms with Crippen molar-refractivity contribution in [3.8, 4) is 0 Å². The van der Waals surface area contributed by atoms with Crippen LogP contribution >= 0.6 is 0 Å². The van der Waals surface area contributed by atoms with Gasteiger partial charge >= 0.3 is 0 Å². The Morgan fingerprint density at radius 3 is 2.80 bits per heavy atom. The Morgan fingerprint density at radius 2 is 2.40 bits per heavy atom. The topological polar surface area (TPSA) is 24.4 Å². The molecule has 0 saturated carbocycles. The summed E-state index contributed by atoms with van der Waals surface area (Å²) in [6, 6.07) is 0. The number of allylic oxidation sites excluding steroid dienone is 1. The van der Waals surface area contributed by atoms with Crippen molar-refractivity contribution in [1.29, 1.82) is 0 Å². The number of nitrogens with zero attached hydrogens (tertiary/aromatic N) is 1. The minimum atomic E-state index is 0.807. The standard InChI is InChI=1S/C8H14N2/c1-4-8(5-2)10-7-9-6-3/h7H,1,5-6H2,2-3H3,(H,9,10). The molecule has 56 valence electrons. The Hall–Kier alpha value is -1.01. The number of aliphatic imine (C=N–C) groups is 1. The highest BCUT2D eigenvalue weighted by Crippen LogP contribution is 1.88. The third kappa shape index (κ3) is 3.93. The monoisotopic (exact) mass is 138 g/mol. The van der Waals surface area contributed by atoms with Crippen LogP contribution in [0.4, 0.5) is 0 Å². The maximum absolute atomic E-state index is 3.98. The third-order valence-corrected chi connectivity index (χ3v) is 1.08. The third-order valence-electron chi connectivity index (χ3n) is 1.08. The van der Waals surface area contributed by atoms with E-state index in [0.717, 1.165) is 18.7 Å². The number of hydrogen-bond donors (Lipinski definition) is 1. The SMILES string of the molecule is C=C=C(CC)NC=NCC. The van der Waals surface area contributed by atoms with E-state index in [4.69, 9.17) is 0 Å². The van der Waals surface area contributed by atoms with E-state index in [9.17, 15) is 0 Å². The van der Waals surface area contributed by atoms with E-state index in [1.165, 1.54) is 0 Å². The minimum absolute atomic E-state index is 0.807. The van der Waals surface area contributed by atoms with Gasteiger partial charge in [-0.15, -0.1) is 5.73 Å². The quantitative estimate of drug-likeness (QED) is 0.357. The first kappa shape index (κ1) is 8.99. The fourth-order valence-corrected chi connectivity index (χ4v) is 0.493. The normalized spacial score (nSPS) is 9.40. The zero-order valence-electron chi connectivity index (χ0n) is 6.65. The zero-order valence-corrected chi connectivity index (χ0v) is 6.65. The average molecular weight is 138 g/mol. The van der Waals surface area contributed by atoms with Gasteiger partial charge in [-0.25, -0.2) is 0 Å². The Balaban J connectivity index is 3.66. The van der Waals surface area contributed by atoms with Gasteiger partial charge in [0.05, 0.1) is 12.0 Å². The average Bonchev–Trinajstić information content (AvgIpc) is 1.99. The van der Waals surface area contributed by atoms with Gasteiger partial charge < -0.3 is 5.32 Å². The Labute approximate surface area is 62.4 Å². The Bertz CT molecular complexity index is 153. The van der Waals surface area contributed by atoms with Gasteiger partial charge in [-0.3, -0.25) is 4.99 Å². The molecule has 0 aliphatic heterocycles. The van der Waals surface area contributed by atoms with Gasteiger partial charge in [0, 0.05) is 6.54 Å². The van der Waals surface area contributed by atoms with Crippen molar-refractivity contribution in [2.24, 2.45) is 4.99 Å². The molecular weight excluding hydrogens is 124 g/mol. The second-order valence-corrected chi connectivity index (χ2v) is 1.78. The highest BCUT2D eigenvalue weighted by molar-refractivity contribution is 5.56. The van der Waals surface area contributed by atoms with Gasteiger partial charge in [-0.05, 0) is 13.3 Å². The maximum Gasteiger partial charge on any atom is 0.0869 e. The molecule has 1 N–H and O–H groups in total. The molecular formula is C8H14N2. The predicted molar refractivity (Wildman–Crippen MR) is 45.1 cm³/mol. The Morgan fingerprint density at radius 1 is 1.70 bits per heavy atom. The second-order valence-electron chi connectivity index (χ2n) is 1.78. The molecule has 0 atom stereocenters. The highest BCUT2D eigenvalue weighted by Gasteiger charge is 1.83. The van der Waals surface area contributed by atoms with Gasteiger partial charge in [-0.2, -0.15) is 0 Å². The van der Waals surface area contributed by atoms with Crippen molar-refractivity contribution in [3.05, 3.63) is 18.0 Å². The van der Waals surface area contributed by atoms with E-state index >= 15 is 0 Å². The van der Waals surface area contributed by atoms with Gasteiger partial charge in [0.25, 0.3) is 0 Å². The van der Waals surface area contributed by atoms with Crippen molar-refractivity contribution in [3.63, 3.8) is 0 Å². The molecule has 0 aliphatic carbocycles. The summed E-state index contributed by atoms with van der Waals surface area (Å²) in [6.45, 7) is 8.36. The molecule has 2 heteroatoms. The summed E-state index contributed by atoms with van der Waals surface area (Å²) in [5.74, 6) is 0. The molecule has 0 aromatic heterocycles. The van der Waals surface area contributed by atoms with E-state index in [1.807, 2.05) is 13.8 Å². The molecule has 0 amide bonds. The molecule has 0 aromatic rings. The van der Waals surface area contributed by atoms with E-state index in [2.05, 4.69) is 22.6 Å². The molecule has 0 rings (SSSR count). The molecule has 0 bridgehead atoms. The molecule has 0 spiro atoms. The van der Waals surface area contributed by atoms with E-state index < -0.39 is 0 Å². The van der Waals surface area contributed by atoms with Gasteiger partial charge in [0.1, 0.15) is 0 Å². The number of hydrogen-bond acceptors (Lipinski definition) is 1. The summed E-state index contributed by atoms with van der Waals surface area (Å²) in [7, 11) is 0. The summed E-state index contributed by atoms with van der Waals surface area (Å²) in [6.07, 6.45) is 2.59. The zero-order chi connectivity index (χ0) is 7.82. The fourth-order valence-electron chi connectivity index (χ4n) is 0.493. The highest BCUT2D eigenvalue weighted by atomic mass is 14.9. The molecule has 0 aliphatic rings. The molecule has 0 radical (unpaired) electrons. The summed E-state index contributed by atoms with van der Waals surface area (Å²) in [5.41, 5.74) is 3.76. The summed E-state index contributed by atoms with van der Waals surface area (Å²) < 4.78 is 0. The first-order chi connectivity index (χ1) is 4.85. The number of rotatable bonds is 4. The van der Waals surface area contributed by atoms with Crippen LogP contribution in [0.15, 0.2) is 23.0 Å². The fraction of sp³-hybridized carbons (Fsp3) is 0.500. The lowest BCUT2D eigenvalue weighted by Crippen LogP contribution is -2.08. The Kier molecular flexibility index (Phi) is 5.50. The lowest BCUT2D eigenvalue weighted by molar-refractivity contribution is 0.985. The van der Waals surface area contributed by atoms with Crippen LogP contribution < -0.4 is 5.32 Å². The van der Waals surface area contributed by atoms with Crippen molar-refractivity contribution >= 4 is 6.34 Å². The summed E-state index contributed by atoms with van der Waals surface area (Å²) >= 11 is 0. The van der Waals surface area contributed by atoms with Crippen LogP contribution in [0.3, 0.4) is 0 Å². The molecule has 2 nitrogen and oxygen atoms in total. The molecule has 10 heavy (non-hydrogen) atoms. The van der Waals surface area contributed by atoms with Crippen LogP contribution in [0.25, 0.3) is 0 Å². The summed E-state index contributed by atoms with van der Waals surface area (Å²) in [5, 5.41) is 2.97. The van der Waals surface area contributed by atoms with Crippen LogP contribution in [-0.4, -0.2) is 12.9 Å². The van der Waals surface area contributed by atoms with Crippen molar-refractivity contribution in [1.82, 2.24) is 5.32 Å². The second kappa shape index (κ2) is 6.12. The van der Waals surface area contributed by atoms with Crippen LogP contribution in [0.2, 0.25) is 0 Å². The van der Waals surface area contributed by atoms with Crippen molar-refractivity contribution in [2.45, 2.75) is 20.3 Å². The van der Waals surface area contributed by atoms with Gasteiger partial charge in [0.15, 0.2) is 0 Å². The van der Waals surface area contributed by atoms with Crippen LogP contribution in [-0.2, 0) is 0 Å². The molecule has 0 saturated heterocycles. The maximum atomic E-state index is 3.98. The first-order valence-corrected chi connectivity index (χ1v) is 3.48. The molecule has 0 unspecified atom stereocenters. The summed E-state index contributed by atoms with van der Waals surface area (Å²) in [4.78, 5) is 3.98. The lowest BCUT2D eigenvalue weighted by Gasteiger charge is -1.97. The number of nitrogens with one attached hydrogen (secondary N) is 1. The van der Waals surface area contributed by atoms with Gasteiger partial charge in [0.2, 0.25) is 0 Å². The predicted octanol–water partition coefficient (Wildman–Crippen LogP) is 1.70. The van der Waals surface area contributed by atoms with Crippen molar-refractivity contribution in [2.75, 3.05) is 6.54 Å². The van der Waals surface area contributed by atoms with E-state index in [0.29, 0.717) is 0 Å². The largest absolute Gasteiger partial charge is 0.344 e. The first-order valence-electron chi connectivity index (χ1n) is 3.48. The molecule has 0 heterocycles.